The SMILES string of the molecule is CN=C(NCC(=O)OC(C)(C)C)NCc1ccc(C)cc1OC1CCOC1. The molecule has 7 nitrogen and oxygen atoms in total. The average Bonchev–Trinajstić information content (AvgIpc) is 3.08. The Morgan fingerprint density at radius 3 is 2.74 bits per heavy atom. The fraction of sp³-hybridized carbons (Fsp3) is 0.600. The van der Waals surface area contributed by atoms with E-state index in [0.717, 1.165) is 29.9 Å². The molecule has 0 bridgehead atoms. The first-order chi connectivity index (χ1) is 12.8. The molecule has 0 saturated carbocycles. The third-order valence-electron chi connectivity index (χ3n) is 3.89. The van der Waals surface area contributed by atoms with Gasteiger partial charge in [-0.15, -0.1) is 0 Å². The first-order valence-electron chi connectivity index (χ1n) is 9.27. The Morgan fingerprint density at radius 2 is 2.11 bits per heavy atom. The maximum Gasteiger partial charge on any atom is 0.325 e. The molecule has 1 saturated heterocycles. The number of hydrogen-bond acceptors (Lipinski definition) is 5. The van der Waals surface area contributed by atoms with Crippen LogP contribution in [-0.4, -0.2) is 50.4 Å². The van der Waals surface area contributed by atoms with Crippen LogP contribution < -0.4 is 15.4 Å². The molecule has 1 aliphatic rings. The highest BCUT2D eigenvalue weighted by molar-refractivity contribution is 5.84. The predicted octanol–water partition coefficient (Wildman–Crippen LogP) is 2.17. The van der Waals surface area contributed by atoms with E-state index in [4.69, 9.17) is 14.2 Å². The van der Waals surface area contributed by atoms with Gasteiger partial charge in [0.1, 0.15) is 24.0 Å². The molecule has 0 spiro atoms. The van der Waals surface area contributed by atoms with Crippen LogP contribution in [0.15, 0.2) is 23.2 Å². The molecule has 1 aromatic rings. The van der Waals surface area contributed by atoms with Gasteiger partial charge in [-0.05, 0) is 39.3 Å². The number of ether oxygens (including phenoxy) is 3. The van der Waals surface area contributed by atoms with Gasteiger partial charge in [0.05, 0.1) is 13.2 Å². The summed E-state index contributed by atoms with van der Waals surface area (Å²) in [6.45, 7) is 9.50. The number of esters is 1. The molecule has 2 N–H and O–H groups in total. The van der Waals surface area contributed by atoms with Gasteiger partial charge in [0.25, 0.3) is 0 Å². The van der Waals surface area contributed by atoms with Crippen LogP contribution in [0.25, 0.3) is 0 Å². The number of benzene rings is 1. The van der Waals surface area contributed by atoms with Crippen LogP contribution in [0.4, 0.5) is 0 Å². The van der Waals surface area contributed by atoms with E-state index in [2.05, 4.69) is 15.6 Å². The number of carbonyl (C=O) groups excluding carboxylic acids is 1. The molecule has 150 valence electrons. The number of hydrogen-bond donors (Lipinski definition) is 2. The Kier molecular flexibility index (Phi) is 7.47. The molecular weight excluding hydrogens is 346 g/mol. The van der Waals surface area contributed by atoms with Gasteiger partial charge in [0.15, 0.2) is 5.96 Å². The van der Waals surface area contributed by atoms with Gasteiger partial charge in [0, 0.05) is 25.6 Å². The first kappa shape index (κ1) is 21.0. The van der Waals surface area contributed by atoms with Crippen LogP contribution in [-0.2, 0) is 20.8 Å². The third-order valence-corrected chi connectivity index (χ3v) is 3.89. The largest absolute Gasteiger partial charge is 0.488 e. The van der Waals surface area contributed by atoms with Crippen molar-refractivity contribution in [2.45, 2.75) is 52.4 Å². The Bertz CT molecular complexity index is 662. The number of guanidine groups is 1. The molecule has 1 heterocycles. The third kappa shape index (κ3) is 7.46. The van der Waals surface area contributed by atoms with Crippen molar-refractivity contribution in [3.63, 3.8) is 0 Å². The highest BCUT2D eigenvalue weighted by Crippen LogP contribution is 2.23. The van der Waals surface area contributed by atoms with Gasteiger partial charge in [-0.3, -0.25) is 9.79 Å². The lowest BCUT2D eigenvalue weighted by molar-refractivity contribution is -0.153. The fourth-order valence-electron chi connectivity index (χ4n) is 2.64. The lowest BCUT2D eigenvalue weighted by Crippen LogP contribution is -2.41. The quantitative estimate of drug-likeness (QED) is 0.449. The van der Waals surface area contributed by atoms with Crippen LogP contribution >= 0.6 is 0 Å². The van der Waals surface area contributed by atoms with Crippen molar-refractivity contribution >= 4 is 11.9 Å². The summed E-state index contributed by atoms with van der Waals surface area (Å²) in [6.07, 6.45) is 0.995. The van der Waals surface area contributed by atoms with Crippen LogP contribution in [0.1, 0.15) is 38.3 Å². The van der Waals surface area contributed by atoms with E-state index in [1.165, 1.54) is 0 Å². The zero-order valence-electron chi connectivity index (χ0n) is 16.9. The van der Waals surface area contributed by atoms with E-state index in [1.807, 2.05) is 45.9 Å². The predicted molar refractivity (Wildman–Crippen MR) is 105 cm³/mol. The lowest BCUT2D eigenvalue weighted by atomic mass is 10.1. The van der Waals surface area contributed by atoms with Gasteiger partial charge < -0.3 is 24.8 Å². The molecule has 0 aliphatic carbocycles. The molecule has 2 rings (SSSR count). The van der Waals surface area contributed by atoms with E-state index < -0.39 is 5.60 Å². The minimum Gasteiger partial charge on any atom is -0.488 e. The molecule has 0 amide bonds. The molecule has 1 aliphatic heterocycles. The van der Waals surface area contributed by atoms with Crippen molar-refractivity contribution < 1.29 is 19.0 Å². The fourth-order valence-corrected chi connectivity index (χ4v) is 2.64. The normalized spacial score (nSPS) is 17.5. The summed E-state index contributed by atoms with van der Waals surface area (Å²) >= 11 is 0. The Balaban J connectivity index is 1.90. The summed E-state index contributed by atoms with van der Waals surface area (Å²) in [4.78, 5) is 16.0. The number of nitrogens with zero attached hydrogens (tertiary/aromatic N) is 1. The highest BCUT2D eigenvalue weighted by atomic mass is 16.6. The van der Waals surface area contributed by atoms with Crippen LogP contribution in [0, 0.1) is 6.92 Å². The standard InChI is InChI=1S/C20H31N3O4/c1-14-6-7-15(17(10-14)26-16-8-9-25-13-16)11-22-19(21-5)23-12-18(24)27-20(2,3)4/h6-7,10,16H,8-9,11-13H2,1-5H3,(H2,21,22,23). The Labute approximate surface area is 161 Å². The molecule has 0 aromatic heterocycles. The van der Waals surface area contributed by atoms with E-state index in [9.17, 15) is 4.79 Å². The minimum absolute atomic E-state index is 0.0492. The van der Waals surface area contributed by atoms with Crippen LogP contribution in [0.5, 0.6) is 5.75 Å². The molecule has 1 atom stereocenters. The molecule has 1 fully saturated rings. The lowest BCUT2D eigenvalue weighted by Gasteiger charge is -2.20. The number of nitrogens with one attached hydrogen (secondary N) is 2. The number of rotatable bonds is 6. The van der Waals surface area contributed by atoms with E-state index in [0.29, 0.717) is 19.1 Å². The zero-order chi connectivity index (χ0) is 19.9. The number of aliphatic imine (C=N–C) groups is 1. The Hall–Kier alpha value is -2.28. The summed E-state index contributed by atoms with van der Waals surface area (Å²) in [7, 11) is 1.66. The summed E-state index contributed by atoms with van der Waals surface area (Å²) in [5.74, 6) is 1.04. The van der Waals surface area contributed by atoms with Gasteiger partial charge in [0.2, 0.25) is 0 Å². The zero-order valence-corrected chi connectivity index (χ0v) is 16.9. The highest BCUT2D eigenvalue weighted by Gasteiger charge is 2.19. The van der Waals surface area contributed by atoms with Crippen molar-refractivity contribution in [2.24, 2.45) is 4.99 Å². The first-order valence-corrected chi connectivity index (χ1v) is 9.27. The summed E-state index contributed by atoms with van der Waals surface area (Å²) in [5.41, 5.74) is 1.65. The van der Waals surface area contributed by atoms with Gasteiger partial charge >= 0.3 is 5.97 Å². The van der Waals surface area contributed by atoms with Gasteiger partial charge in [-0.1, -0.05) is 12.1 Å². The van der Waals surface area contributed by atoms with Crippen molar-refractivity contribution in [1.29, 1.82) is 0 Å². The van der Waals surface area contributed by atoms with Crippen LogP contribution in [0.3, 0.4) is 0 Å². The summed E-state index contributed by atoms with van der Waals surface area (Å²) in [6, 6.07) is 6.12. The number of carbonyl (C=O) groups is 1. The molecular formula is C20H31N3O4. The van der Waals surface area contributed by atoms with E-state index >= 15 is 0 Å². The van der Waals surface area contributed by atoms with Crippen molar-refractivity contribution in [3.05, 3.63) is 29.3 Å². The molecule has 0 radical (unpaired) electrons. The number of aryl methyl sites for hydroxylation is 1. The second kappa shape index (κ2) is 9.60. The molecule has 1 aromatic carbocycles. The second-order valence-electron chi connectivity index (χ2n) is 7.58. The monoisotopic (exact) mass is 377 g/mol. The van der Waals surface area contributed by atoms with Crippen molar-refractivity contribution in [3.8, 4) is 5.75 Å². The molecule has 7 heteroatoms. The smallest absolute Gasteiger partial charge is 0.325 e. The van der Waals surface area contributed by atoms with Crippen molar-refractivity contribution in [1.82, 2.24) is 10.6 Å². The maximum absolute atomic E-state index is 11.8. The van der Waals surface area contributed by atoms with Crippen molar-refractivity contribution in [2.75, 3.05) is 26.8 Å². The molecule has 1 unspecified atom stereocenters. The maximum atomic E-state index is 11.8. The van der Waals surface area contributed by atoms with Gasteiger partial charge in [-0.25, -0.2) is 0 Å². The Morgan fingerprint density at radius 1 is 1.33 bits per heavy atom. The van der Waals surface area contributed by atoms with E-state index in [1.54, 1.807) is 7.05 Å². The summed E-state index contributed by atoms with van der Waals surface area (Å²) in [5, 5.41) is 6.18. The molecule has 27 heavy (non-hydrogen) atoms. The van der Waals surface area contributed by atoms with E-state index in [-0.39, 0.29) is 18.6 Å². The second-order valence-corrected chi connectivity index (χ2v) is 7.58. The minimum atomic E-state index is -0.506. The summed E-state index contributed by atoms with van der Waals surface area (Å²) < 4.78 is 16.8. The van der Waals surface area contributed by atoms with Gasteiger partial charge in [-0.2, -0.15) is 0 Å². The topological polar surface area (TPSA) is 81.2 Å². The van der Waals surface area contributed by atoms with Crippen LogP contribution in [0.2, 0.25) is 0 Å². The average molecular weight is 377 g/mol.